The number of hydrogen-bond acceptors (Lipinski definition) is 17. The fraction of sp³-hybridized carbons (Fsp3) is 0.310. The maximum absolute atomic E-state index is 12.7. The molecule has 3 aromatic rings. The summed E-state index contributed by atoms with van der Waals surface area (Å²) in [5, 5.41) is 3.37. The van der Waals surface area contributed by atoms with E-state index in [0.29, 0.717) is 75.7 Å². The van der Waals surface area contributed by atoms with Crippen molar-refractivity contribution in [2.45, 2.75) is 187 Å². The van der Waals surface area contributed by atoms with E-state index in [1.54, 1.807) is 61.6 Å². The third kappa shape index (κ3) is 57.3. The van der Waals surface area contributed by atoms with E-state index in [2.05, 4.69) is 496 Å². The van der Waals surface area contributed by atoms with E-state index in [1.165, 1.54) is 33.4 Å². The van der Waals surface area contributed by atoms with Crippen LogP contribution in [0.1, 0.15) is 141 Å². The van der Waals surface area contributed by atoms with Crippen molar-refractivity contribution >= 4 is 166 Å². The number of hydrogen-bond donors (Lipinski definition) is 2. The minimum absolute atomic E-state index is 0.0283. The van der Waals surface area contributed by atoms with Crippen LogP contribution < -0.4 is 18.6 Å². The van der Waals surface area contributed by atoms with Crippen molar-refractivity contribution in [1.29, 1.82) is 0 Å². The number of sulfonamides is 3. The summed E-state index contributed by atoms with van der Waals surface area (Å²) in [7, 11) is 9.08. The van der Waals surface area contributed by atoms with Gasteiger partial charge in [-0.3, -0.25) is 15.0 Å². The number of terminal acetylenes is 1. The van der Waals surface area contributed by atoms with Gasteiger partial charge in [-0.05, 0) is 387 Å². The first kappa shape index (κ1) is 131. The minimum Gasteiger partial charge on any atom is -0.444 e. The quantitative estimate of drug-likeness (QED) is 0.132. The van der Waals surface area contributed by atoms with Gasteiger partial charge in [0.15, 0.2) is 11.6 Å². The molecule has 150 heavy (non-hydrogen) atoms. The molecule has 9 heterocycles. The Balaban J connectivity index is 0.000000467. The second-order valence-corrected chi connectivity index (χ2v) is 77.1. The molecule has 6 saturated heterocycles. The highest BCUT2D eigenvalue weighted by atomic mass is 127. The predicted molar refractivity (Wildman–Crippen MR) is 641 cm³/mol. The molecule has 0 radical (unpaired) electrons. The molecule has 6 fully saturated rings. The molecular weight excluding hydrogens is 2250 g/mol. The Labute approximate surface area is 923 Å². The minimum atomic E-state index is -3.44. The first-order valence-electron chi connectivity index (χ1n) is 43.7. The molecular formula is C113H94IN12O10P11S3. The smallest absolute Gasteiger partial charge is 0.410 e. The predicted octanol–water partition coefficient (Wildman–Crippen LogP) is 13.0. The van der Waals surface area contributed by atoms with Crippen LogP contribution >= 0.6 is 112 Å². The van der Waals surface area contributed by atoms with Gasteiger partial charge in [0, 0.05) is 240 Å². The van der Waals surface area contributed by atoms with Crippen LogP contribution in [0, 0.1) is 383 Å². The maximum Gasteiger partial charge on any atom is 0.410 e. The molecule has 2 amide bonds. The van der Waals surface area contributed by atoms with E-state index < -0.39 is 46.8 Å². The summed E-state index contributed by atoms with van der Waals surface area (Å²) < 4.78 is 90.9. The van der Waals surface area contributed by atoms with Crippen LogP contribution in [0.2, 0.25) is 0 Å². The number of anilines is 2. The molecule has 0 saturated carbocycles. The van der Waals surface area contributed by atoms with Gasteiger partial charge in [0.05, 0.1) is 46.9 Å². The number of carbonyl (C=O) groups excluding carboxylic acids is 2. The van der Waals surface area contributed by atoms with Crippen molar-refractivity contribution in [2.24, 2.45) is 0 Å². The molecule has 746 valence electrons. The normalized spacial score (nSPS) is 17.0. The van der Waals surface area contributed by atoms with E-state index >= 15 is 0 Å². The molecule has 37 heteroatoms. The number of halogens is 1. The van der Waals surface area contributed by atoms with E-state index in [9.17, 15) is 34.8 Å². The third-order valence-electron chi connectivity index (χ3n) is 18.2. The van der Waals surface area contributed by atoms with Crippen LogP contribution in [0.25, 0.3) is 0 Å². The van der Waals surface area contributed by atoms with E-state index in [4.69, 9.17) is 15.9 Å². The SMILES string of the molecule is C#CC#CC#CC#CC#CC#CC#CC#CC#CC#CC#CC#CC#CC#CC#CC.CC#CC#CC#CC#CC#CC#CC#CC#CC#CC#CC#CC#CC#CC#CC#CC#CC#CC.C[C@H]1C[C@]2(CCN1)CCS(=O)(=O)N2c1cnccn1.C[C@H]1C[C@]2(CCN1C(=O)OC(C)(C)C)CCS(=O)(=O)N2.C[C@H]1C[C@]2(CCN1C(=O)OC(C)(C)C)CCS(=O)(=O)N2c1cnccn1.Ic1cnccn1.PPP(P)P(P(P)P)P(P)P. The maximum atomic E-state index is 12.7. The summed E-state index contributed by atoms with van der Waals surface area (Å²) in [6, 6.07) is 0.159. The van der Waals surface area contributed by atoms with Crippen LogP contribution in [-0.2, 0) is 39.5 Å². The topological polar surface area (TPSA) is 269 Å². The first-order valence-corrected chi connectivity index (χ1v) is 68.8. The zero-order valence-corrected chi connectivity index (χ0v) is 99.6. The van der Waals surface area contributed by atoms with Crippen LogP contribution in [-0.4, -0.2) is 160 Å². The van der Waals surface area contributed by atoms with Gasteiger partial charge >= 0.3 is 12.2 Å². The van der Waals surface area contributed by atoms with E-state index in [0.717, 1.165) is 31.0 Å². The largest absolute Gasteiger partial charge is 0.444 e. The molecule has 2 N–H and O–H groups in total. The van der Waals surface area contributed by atoms with Crippen molar-refractivity contribution in [3.8, 4) is 379 Å². The van der Waals surface area contributed by atoms with Gasteiger partial charge in [-0.25, -0.2) is 63.1 Å². The molecule has 8 unspecified atom stereocenters. The van der Waals surface area contributed by atoms with Crippen LogP contribution in [0.15, 0.2) is 55.8 Å². The zero-order valence-electron chi connectivity index (χ0n) is 83.5. The summed E-state index contributed by atoms with van der Waals surface area (Å²) in [6.07, 6.45) is 24.3. The third-order valence-corrected chi connectivity index (χ3v) is 83.0. The number of likely N-dealkylation sites (tertiary alicyclic amines) is 2. The van der Waals surface area contributed by atoms with Crippen molar-refractivity contribution in [3.05, 3.63) is 59.5 Å². The lowest BCUT2D eigenvalue weighted by Gasteiger charge is -2.47. The number of carbonyl (C=O) groups is 2. The lowest BCUT2D eigenvalue weighted by atomic mass is 9.81. The summed E-state index contributed by atoms with van der Waals surface area (Å²) in [5.74, 6) is 159. The van der Waals surface area contributed by atoms with E-state index in [-0.39, 0.29) is 80.6 Å². The summed E-state index contributed by atoms with van der Waals surface area (Å²) in [4.78, 5) is 52.1. The van der Waals surface area contributed by atoms with Crippen molar-refractivity contribution in [3.63, 3.8) is 0 Å². The zero-order chi connectivity index (χ0) is 111. The Hall–Kier alpha value is -13.5. The van der Waals surface area contributed by atoms with Crippen molar-refractivity contribution < 1.29 is 44.3 Å². The average Bonchev–Trinajstić information content (AvgIpc) is 1.36. The number of rotatable bonds is 6. The van der Waals surface area contributed by atoms with Crippen molar-refractivity contribution in [2.75, 3.05) is 45.5 Å². The van der Waals surface area contributed by atoms with Crippen LogP contribution in [0.3, 0.4) is 0 Å². The standard InChI is InChI=1S/C36H6.C31H4.C17H26N4O4S.C13H24N2O4S.C12H18N4O2S.C4H3IN2.H13P11/c1-3-5-7-9-11-13-15-17-19-21-23-25-27-29-31-33-35-36-34-32-30-28-26-24-22-20-18-16-14-12-10-8-6-4-2;1-3-5-7-9-11-13-15-17-19-21-23-25-27-29-31-30-28-26-24-22-20-18-16-14-12-10-8-6-4-2;1-13-11-17(5-9-20(13)15(22)25-16(2,3)4)6-10-26(23,24)21(17)14-12-18-7-8-19-14;1-10-9-13(6-8-20(17,18)14-13)5-7-15(10)11(16)19-12(2,3)4;1-10-8-12(2-4-14-10)3-7-19(17,18)16(12)11-9-13-5-6-15-11;5-4-3-6-1-2-7-4;1-7-10(6)11(8(2)3)9(4)5/h1-2H3;1H,2H3;7-8,12-13H,5-6,9-11H2,1-4H3;10,14H,5-9H2,1-4H3;5-6,9-10,14H,2-4,7-8H2,1H3;1-3H;7H,1-6H2/t;;13-,17-;10-,13-;10-,12-;;/m..000../s1. The Kier molecular flexibility index (Phi) is 65.6. The molecule has 0 bridgehead atoms. The molecule has 3 aromatic heterocycles. The summed E-state index contributed by atoms with van der Waals surface area (Å²) in [6.45, 7) is 24.6. The number of piperidine rings is 3. The highest BCUT2D eigenvalue weighted by Gasteiger charge is 2.55. The van der Waals surface area contributed by atoms with E-state index in [1.807, 2.05) is 55.4 Å². The number of ether oxygens (including phenoxy) is 2. The second-order valence-electron chi connectivity index (χ2n) is 31.3. The Morgan fingerprint density at radius 3 is 0.907 bits per heavy atom. The fourth-order valence-corrected chi connectivity index (χ4v) is 114. The molecule has 22 nitrogen and oxygen atoms in total. The number of nitrogens with one attached hydrogen (secondary N) is 2. The van der Waals surface area contributed by atoms with Gasteiger partial charge in [0.2, 0.25) is 30.1 Å². The second kappa shape index (κ2) is 75.3. The van der Waals surface area contributed by atoms with Gasteiger partial charge < -0.3 is 24.6 Å². The number of aromatic nitrogens is 6. The fourth-order valence-electron chi connectivity index (χ4n) is 12.8. The van der Waals surface area contributed by atoms with Gasteiger partial charge in [0.1, 0.15) is 14.9 Å². The molecule has 14 atom stereocenters. The Bertz CT molecular complexity index is 7970. The Morgan fingerprint density at radius 1 is 0.400 bits per heavy atom. The lowest BCUT2D eigenvalue weighted by Crippen LogP contribution is -2.58. The lowest BCUT2D eigenvalue weighted by molar-refractivity contribution is 0.00333. The molecule has 6 aliphatic heterocycles. The highest BCUT2D eigenvalue weighted by Crippen LogP contribution is 3.12. The monoisotopic (exact) mass is 2340 g/mol. The van der Waals surface area contributed by atoms with Gasteiger partial charge in [-0.2, -0.15) is 0 Å². The van der Waals surface area contributed by atoms with Crippen LogP contribution in [0.4, 0.5) is 21.2 Å². The van der Waals surface area contributed by atoms with Gasteiger partial charge in [-0.1, -0.05) is 25.7 Å². The van der Waals surface area contributed by atoms with Crippen LogP contribution in [0.5, 0.6) is 0 Å². The highest BCUT2D eigenvalue weighted by molar-refractivity contribution is 14.1. The molecule has 3 spiro atoms. The molecule has 6 aliphatic rings. The van der Waals surface area contributed by atoms with Crippen molar-refractivity contribution in [1.82, 2.24) is 49.7 Å². The summed E-state index contributed by atoms with van der Waals surface area (Å²) >= 11 is 2.11. The molecule has 0 aromatic carbocycles. The molecule has 9 rings (SSSR count). The molecule has 0 aliphatic carbocycles. The average molecular weight is 2340 g/mol. The number of amides is 2. The summed E-state index contributed by atoms with van der Waals surface area (Å²) in [5.41, 5.74) is -2.32. The van der Waals surface area contributed by atoms with Gasteiger partial charge in [-0.15, -0.1) is 60.0 Å². The number of nitrogens with zero attached hydrogens (tertiary/aromatic N) is 10. The van der Waals surface area contributed by atoms with Gasteiger partial charge in [0.25, 0.3) is 0 Å². The Morgan fingerprint density at radius 2 is 0.687 bits per heavy atom. The first-order chi connectivity index (χ1) is 71.8.